The van der Waals surface area contributed by atoms with Crippen LogP contribution in [0.3, 0.4) is 0 Å². The SMILES string of the molecule is CN(C)Sc1ccc(CBr)cc1Cl. The van der Waals surface area contributed by atoms with Crippen molar-refractivity contribution in [2.75, 3.05) is 14.1 Å². The van der Waals surface area contributed by atoms with Crippen molar-refractivity contribution >= 4 is 39.5 Å². The number of benzene rings is 1. The lowest BCUT2D eigenvalue weighted by atomic mass is 10.2. The van der Waals surface area contributed by atoms with E-state index in [1.165, 1.54) is 5.56 Å². The molecule has 1 aromatic carbocycles. The molecule has 0 N–H and O–H groups in total. The van der Waals surface area contributed by atoms with Gasteiger partial charge in [0.1, 0.15) is 0 Å². The summed E-state index contributed by atoms with van der Waals surface area (Å²) >= 11 is 11.1. The summed E-state index contributed by atoms with van der Waals surface area (Å²) in [4.78, 5) is 1.09. The van der Waals surface area contributed by atoms with E-state index in [0.29, 0.717) is 0 Å². The van der Waals surface area contributed by atoms with Crippen LogP contribution in [-0.2, 0) is 5.33 Å². The predicted octanol–water partition coefficient (Wildman–Crippen LogP) is 3.80. The van der Waals surface area contributed by atoms with Crippen molar-refractivity contribution in [2.24, 2.45) is 0 Å². The second-order valence-corrected chi connectivity index (χ2v) is 5.12. The molecule has 0 bridgehead atoms. The van der Waals surface area contributed by atoms with Gasteiger partial charge in [0.05, 0.1) is 5.02 Å². The summed E-state index contributed by atoms with van der Waals surface area (Å²) in [6, 6.07) is 6.11. The Morgan fingerprint density at radius 1 is 1.46 bits per heavy atom. The van der Waals surface area contributed by atoms with Gasteiger partial charge in [0.15, 0.2) is 0 Å². The number of rotatable bonds is 3. The highest BCUT2D eigenvalue weighted by Gasteiger charge is 2.03. The first kappa shape index (κ1) is 11.4. The van der Waals surface area contributed by atoms with Gasteiger partial charge in [-0.3, -0.25) is 4.31 Å². The Morgan fingerprint density at radius 2 is 2.15 bits per heavy atom. The molecule has 1 rings (SSSR count). The first-order chi connectivity index (χ1) is 6.13. The summed E-state index contributed by atoms with van der Waals surface area (Å²) in [5.41, 5.74) is 1.20. The lowest BCUT2D eigenvalue weighted by Crippen LogP contribution is -1.98. The van der Waals surface area contributed by atoms with E-state index in [2.05, 4.69) is 22.0 Å². The Bertz CT molecular complexity index is 291. The molecule has 0 fully saturated rings. The Morgan fingerprint density at radius 3 is 2.62 bits per heavy atom. The molecule has 72 valence electrons. The molecule has 4 heteroatoms. The maximum absolute atomic E-state index is 6.08. The van der Waals surface area contributed by atoms with Crippen LogP contribution in [0, 0.1) is 0 Å². The average Bonchev–Trinajstić information content (AvgIpc) is 2.08. The monoisotopic (exact) mass is 279 g/mol. The lowest BCUT2D eigenvalue weighted by Gasteiger charge is -2.10. The zero-order valence-electron chi connectivity index (χ0n) is 7.55. The van der Waals surface area contributed by atoms with Crippen molar-refractivity contribution < 1.29 is 0 Å². The van der Waals surface area contributed by atoms with Gasteiger partial charge in [0.25, 0.3) is 0 Å². The zero-order chi connectivity index (χ0) is 9.84. The van der Waals surface area contributed by atoms with E-state index in [1.54, 1.807) is 11.9 Å². The van der Waals surface area contributed by atoms with Gasteiger partial charge in [0.2, 0.25) is 0 Å². The van der Waals surface area contributed by atoms with Crippen LogP contribution in [0.1, 0.15) is 5.56 Å². The van der Waals surface area contributed by atoms with Crippen molar-refractivity contribution in [1.82, 2.24) is 4.31 Å². The molecule has 0 spiro atoms. The molecule has 0 heterocycles. The average molecular weight is 281 g/mol. The third-order valence-corrected chi connectivity index (χ3v) is 3.42. The van der Waals surface area contributed by atoms with Gasteiger partial charge in [-0.05, 0) is 43.7 Å². The van der Waals surface area contributed by atoms with Crippen molar-refractivity contribution in [1.29, 1.82) is 0 Å². The Hall–Kier alpha value is 0.300. The molecular weight excluding hydrogens is 270 g/mol. The molecule has 0 amide bonds. The molecule has 1 aromatic rings. The molecule has 0 atom stereocenters. The van der Waals surface area contributed by atoms with E-state index < -0.39 is 0 Å². The summed E-state index contributed by atoms with van der Waals surface area (Å²) in [6.45, 7) is 0. The third kappa shape index (κ3) is 3.50. The molecule has 1 nitrogen and oxygen atoms in total. The minimum Gasteiger partial charge on any atom is -0.253 e. The number of hydrogen-bond donors (Lipinski definition) is 0. The van der Waals surface area contributed by atoms with Crippen LogP contribution in [0.2, 0.25) is 5.02 Å². The van der Waals surface area contributed by atoms with E-state index in [0.717, 1.165) is 15.2 Å². The van der Waals surface area contributed by atoms with Crippen LogP contribution in [0.15, 0.2) is 23.1 Å². The second kappa shape index (κ2) is 5.25. The maximum Gasteiger partial charge on any atom is 0.0558 e. The van der Waals surface area contributed by atoms with Gasteiger partial charge in [0, 0.05) is 10.2 Å². The fourth-order valence-corrected chi connectivity index (χ4v) is 2.22. The molecular formula is C9H11BrClNS. The maximum atomic E-state index is 6.08. The summed E-state index contributed by atoms with van der Waals surface area (Å²) in [5, 5.41) is 1.66. The molecule has 0 aliphatic heterocycles. The highest BCUT2D eigenvalue weighted by atomic mass is 79.9. The fraction of sp³-hybridized carbons (Fsp3) is 0.333. The van der Waals surface area contributed by atoms with Gasteiger partial charge >= 0.3 is 0 Å². The largest absolute Gasteiger partial charge is 0.253 e. The van der Waals surface area contributed by atoms with E-state index >= 15 is 0 Å². The molecule has 0 radical (unpaired) electrons. The van der Waals surface area contributed by atoms with E-state index in [4.69, 9.17) is 11.6 Å². The van der Waals surface area contributed by atoms with Crippen molar-refractivity contribution in [3.63, 3.8) is 0 Å². The molecule has 13 heavy (non-hydrogen) atoms. The molecule has 0 saturated carbocycles. The number of halogens is 2. The van der Waals surface area contributed by atoms with E-state index in [1.807, 2.05) is 30.5 Å². The molecule has 0 aliphatic carbocycles. The molecule has 0 aliphatic rings. The smallest absolute Gasteiger partial charge is 0.0558 e. The summed E-state index contributed by atoms with van der Waals surface area (Å²) in [5.74, 6) is 0. The minimum absolute atomic E-state index is 0.815. The van der Waals surface area contributed by atoms with Gasteiger partial charge in [-0.15, -0.1) is 0 Å². The van der Waals surface area contributed by atoms with Crippen molar-refractivity contribution in [2.45, 2.75) is 10.2 Å². The summed E-state index contributed by atoms with van der Waals surface area (Å²) in [7, 11) is 4.00. The highest BCUT2D eigenvalue weighted by Crippen LogP contribution is 2.29. The van der Waals surface area contributed by atoms with E-state index in [9.17, 15) is 0 Å². The predicted molar refractivity (Wildman–Crippen MR) is 63.6 cm³/mol. The van der Waals surface area contributed by atoms with Gasteiger partial charge in [-0.2, -0.15) is 0 Å². The summed E-state index contributed by atoms with van der Waals surface area (Å²) < 4.78 is 2.02. The third-order valence-electron chi connectivity index (χ3n) is 1.43. The normalized spacial score (nSPS) is 10.8. The van der Waals surface area contributed by atoms with Crippen LogP contribution < -0.4 is 0 Å². The fourth-order valence-electron chi connectivity index (χ4n) is 0.898. The Kier molecular flexibility index (Phi) is 4.59. The van der Waals surface area contributed by atoms with Crippen LogP contribution in [0.4, 0.5) is 0 Å². The quantitative estimate of drug-likeness (QED) is 0.612. The topological polar surface area (TPSA) is 3.24 Å². The second-order valence-electron chi connectivity index (χ2n) is 2.80. The molecule has 0 saturated heterocycles. The number of alkyl halides is 1. The minimum atomic E-state index is 0.815. The van der Waals surface area contributed by atoms with Crippen LogP contribution in [0.5, 0.6) is 0 Å². The van der Waals surface area contributed by atoms with Crippen molar-refractivity contribution in [3.8, 4) is 0 Å². The van der Waals surface area contributed by atoms with Crippen molar-refractivity contribution in [3.05, 3.63) is 28.8 Å². The number of nitrogens with zero attached hydrogens (tertiary/aromatic N) is 1. The lowest BCUT2D eigenvalue weighted by molar-refractivity contribution is 0.702. The Balaban J connectivity index is 2.85. The molecule has 0 unspecified atom stereocenters. The van der Waals surface area contributed by atoms with Crippen LogP contribution in [0.25, 0.3) is 0 Å². The van der Waals surface area contributed by atoms with Crippen LogP contribution in [-0.4, -0.2) is 18.4 Å². The Labute approximate surface area is 96.7 Å². The standard InChI is InChI=1S/C9H11BrClNS/c1-12(2)13-9-4-3-7(6-10)5-8(9)11/h3-5H,6H2,1-2H3. The van der Waals surface area contributed by atoms with Gasteiger partial charge in [-0.25, -0.2) is 0 Å². The first-order valence-electron chi connectivity index (χ1n) is 3.83. The highest BCUT2D eigenvalue weighted by molar-refractivity contribution is 9.08. The molecule has 0 aromatic heterocycles. The first-order valence-corrected chi connectivity index (χ1v) is 6.10. The van der Waals surface area contributed by atoms with Gasteiger partial charge in [-0.1, -0.05) is 33.6 Å². The number of hydrogen-bond acceptors (Lipinski definition) is 2. The zero-order valence-corrected chi connectivity index (χ0v) is 10.7. The summed E-state index contributed by atoms with van der Waals surface area (Å²) in [6.07, 6.45) is 0. The van der Waals surface area contributed by atoms with E-state index in [-0.39, 0.29) is 0 Å². The van der Waals surface area contributed by atoms with Gasteiger partial charge < -0.3 is 0 Å². The van der Waals surface area contributed by atoms with Crippen LogP contribution >= 0.6 is 39.5 Å².